The summed E-state index contributed by atoms with van der Waals surface area (Å²) < 4.78 is 50.0. The number of halogens is 4. The zero-order valence-corrected chi connectivity index (χ0v) is 15.7. The molecule has 0 amide bonds. The summed E-state index contributed by atoms with van der Waals surface area (Å²) in [4.78, 5) is 8.26. The van der Waals surface area contributed by atoms with Gasteiger partial charge in [-0.15, -0.1) is 0 Å². The van der Waals surface area contributed by atoms with Crippen molar-refractivity contribution in [2.45, 2.75) is 18.0 Å². The third-order valence-corrected chi connectivity index (χ3v) is 4.36. The maximum absolute atomic E-state index is 13.4. The average Bonchev–Trinajstić information content (AvgIpc) is 2.99. The smallest absolute Gasteiger partial charge is 0.424 e. The lowest BCUT2D eigenvalue weighted by molar-refractivity contribution is -0.139. The second kappa shape index (κ2) is 7.65. The third-order valence-electron chi connectivity index (χ3n) is 3.36. The van der Waals surface area contributed by atoms with Crippen LogP contribution in [-0.4, -0.2) is 19.7 Å². The third kappa shape index (κ3) is 4.64. The highest BCUT2D eigenvalue weighted by molar-refractivity contribution is 8.00. The van der Waals surface area contributed by atoms with Crippen molar-refractivity contribution in [2.75, 3.05) is 4.72 Å². The van der Waals surface area contributed by atoms with Crippen LogP contribution < -0.4 is 9.46 Å². The lowest BCUT2D eigenvalue weighted by atomic mass is 10.2. The molecule has 6 nitrogen and oxygen atoms in total. The van der Waals surface area contributed by atoms with Gasteiger partial charge >= 0.3 is 6.18 Å². The number of hydrogen-bond donors (Lipinski definition) is 1. The number of nitrogens with zero attached hydrogens (tertiary/aromatic N) is 4. The number of alkyl halides is 3. The van der Waals surface area contributed by atoms with Crippen LogP contribution >= 0.6 is 23.5 Å². The van der Waals surface area contributed by atoms with Gasteiger partial charge in [-0.1, -0.05) is 29.8 Å². The number of aryl methyl sites for hydroxylation is 2. The Morgan fingerprint density at radius 1 is 1.22 bits per heavy atom. The zero-order chi connectivity index (χ0) is 19.6. The Morgan fingerprint density at radius 2 is 1.96 bits per heavy atom. The lowest BCUT2D eigenvalue weighted by Gasteiger charge is -2.16. The number of benzene rings is 1. The topological polar surface area (TPSA) is 64.9 Å². The predicted octanol–water partition coefficient (Wildman–Crippen LogP) is 5.10. The molecule has 1 N–H and O–H groups in total. The summed E-state index contributed by atoms with van der Waals surface area (Å²) in [6, 6.07) is 6.65. The number of rotatable bonds is 5. The summed E-state index contributed by atoms with van der Waals surface area (Å²) in [6.07, 6.45) is -1.48. The van der Waals surface area contributed by atoms with E-state index in [0.717, 1.165) is 16.8 Å². The molecule has 11 heteroatoms. The molecule has 0 aliphatic carbocycles. The molecule has 0 saturated heterocycles. The van der Waals surface area contributed by atoms with E-state index in [4.69, 9.17) is 16.3 Å². The molecule has 2 heterocycles. The van der Waals surface area contributed by atoms with Crippen molar-refractivity contribution >= 4 is 29.5 Å². The molecule has 0 atom stereocenters. The van der Waals surface area contributed by atoms with Crippen molar-refractivity contribution in [2.24, 2.45) is 7.05 Å². The number of aromatic nitrogens is 4. The van der Waals surface area contributed by atoms with Gasteiger partial charge in [-0.25, -0.2) is 0 Å². The van der Waals surface area contributed by atoms with Gasteiger partial charge < -0.3 is 4.74 Å². The predicted molar refractivity (Wildman–Crippen MR) is 96.0 cm³/mol. The van der Waals surface area contributed by atoms with Gasteiger partial charge in [-0.2, -0.15) is 28.2 Å². The highest BCUT2D eigenvalue weighted by Crippen LogP contribution is 2.42. The minimum absolute atomic E-state index is 0.120. The van der Waals surface area contributed by atoms with Crippen LogP contribution in [0.4, 0.5) is 19.1 Å². The van der Waals surface area contributed by atoms with E-state index in [1.807, 2.05) is 0 Å². The lowest BCUT2D eigenvalue weighted by Crippen LogP contribution is -2.12. The standard InChI is InChI=1S/C16H13ClF3N5OS/c1-9-5-3-4-6-11(9)26-14-12(16(18,19)20)13(17)22-15(23-14)24-27-10-7-21-25(2)8-10/h3-8H,1-2H3,(H,22,23,24). The van der Waals surface area contributed by atoms with Gasteiger partial charge in [-0.05, 0) is 30.5 Å². The number of nitrogens with one attached hydrogen (secondary N) is 1. The Hall–Kier alpha value is -2.46. The molecule has 0 aliphatic rings. The van der Waals surface area contributed by atoms with E-state index < -0.39 is 22.8 Å². The minimum atomic E-state index is -4.77. The first kappa shape index (κ1) is 19.3. The summed E-state index contributed by atoms with van der Waals surface area (Å²) >= 11 is 6.88. The molecular formula is C16H13ClF3N5OS. The maximum atomic E-state index is 13.4. The van der Waals surface area contributed by atoms with E-state index in [9.17, 15) is 13.2 Å². The van der Waals surface area contributed by atoms with Gasteiger partial charge in [0.2, 0.25) is 11.8 Å². The van der Waals surface area contributed by atoms with E-state index in [1.54, 1.807) is 55.3 Å². The van der Waals surface area contributed by atoms with Crippen LogP contribution in [0.25, 0.3) is 0 Å². The molecule has 27 heavy (non-hydrogen) atoms. The minimum Gasteiger partial charge on any atom is -0.438 e. The SMILES string of the molecule is Cc1ccccc1Oc1nc(NSc2cnn(C)c2)nc(Cl)c1C(F)(F)F. The van der Waals surface area contributed by atoms with Crippen LogP contribution in [0.15, 0.2) is 41.6 Å². The molecule has 0 radical (unpaired) electrons. The second-order valence-corrected chi connectivity index (χ2v) is 6.67. The molecule has 1 aromatic carbocycles. The largest absolute Gasteiger partial charge is 0.438 e. The van der Waals surface area contributed by atoms with Crippen LogP contribution in [-0.2, 0) is 13.2 Å². The Kier molecular flexibility index (Phi) is 5.47. The summed E-state index contributed by atoms with van der Waals surface area (Å²) in [5, 5.41) is 3.24. The molecule has 142 valence electrons. The van der Waals surface area contributed by atoms with Crippen molar-refractivity contribution < 1.29 is 17.9 Å². The molecule has 0 bridgehead atoms. The first-order valence-electron chi connectivity index (χ1n) is 7.54. The first-order valence-corrected chi connectivity index (χ1v) is 8.73. The molecule has 0 fully saturated rings. The Labute approximate surface area is 161 Å². The van der Waals surface area contributed by atoms with Crippen LogP contribution in [0, 0.1) is 6.92 Å². The van der Waals surface area contributed by atoms with Crippen molar-refractivity contribution in [1.29, 1.82) is 0 Å². The van der Waals surface area contributed by atoms with E-state index in [2.05, 4.69) is 19.8 Å². The Morgan fingerprint density at radius 3 is 2.59 bits per heavy atom. The molecular weight excluding hydrogens is 403 g/mol. The van der Waals surface area contributed by atoms with Crippen molar-refractivity contribution in [1.82, 2.24) is 19.7 Å². The van der Waals surface area contributed by atoms with Gasteiger partial charge in [0.1, 0.15) is 5.75 Å². The normalized spacial score (nSPS) is 11.5. The first-order chi connectivity index (χ1) is 12.7. The zero-order valence-electron chi connectivity index (χ0n) is 14.1. The molecule has 0 spiro atoms. The fourth-order valence-corrected chi connectivity index (χ4v) is 2.98. The Balaban J connectivity index is 1.95. The summed E-state index contributed by atoms with van der Waals surface area (Å²) in [5.74, 6) is -0.555. The van der Waals surface area contributed by atoms with Crippen molar-refractivity contribution in [3.8, 4) is 11.6 Å². The Bertz CT molecular complexity index is 963. The molecule has 3 aromatic rings. The van der Waals surface area contributed by atoms with Gasteiger partial charge in [0, 0.05) is 13.2 Å². The summed E-state index contributed by atoms with van der Waals surface area (Å²) in [5.41, 5.74) is -0.580. The number of anilines is 1. The van der Waals surface area contributed by atoms with Gasteiger partial charge in [0.15, 0.2) is 10.7 Å². The number of ether oxygens (including phenoxy) is 1. The van der Waals surface area contributed by atoms with Crippen molar-refractivity contribution in [3.05, 3.63) is 52.9 Å². The quantitative estimate of drug-likeness (QED) is 0.462. The highest BCUT2D eigenvalue weighted by Gasteiger charge is 2.40. The highest BCUT2D eigenvalue weighted by atomic mass is 35.5. The average molecular weight is 416 g/mol. The van der Waals surface area contributed by atoms with Gasteiger partial charge in [0.05, 0.1) is 11.1 Å². The fourth-order valence-electron chi connectivity index (χ4n) is 2.10. The van der Waals surface area contributed by atoms with Crippen LogP contribution in [0.1, 0.15) is 11.1 Å². The summed E-state index contributed by atoms with van der Waals surface area (Å²) in [6.45, 7) is 1.71. The van der Waals surface area contributed by atoms with Crippen LogP contribution in [0.2, 0.25) is 5.15 Å². The van der Waals surface area contributed by atoms with Crippen molar-refractivity contribution in [3.63, 3.8) is 0 Å². The number of para-hydroxylation sites is 1. The molecule has 3 rings (SSSR count). The monoisotopic (exact) mass is 415 g/mol. The van der Waals surface area contributed by atoms with E-state index in [-0.39, 0.29) is 11.7 Å². The summed E-state index contributed by atoms with van der Waals surface area (Å²) in [7, 11) is 1.74. The van der Waals surface area contributed by atoms with Gasteiger partial charge in [0.25, 0.3) is 0 Å². The molecule has 2 aromatic heterocycles. The van der Waals surface area contributed by atoms with Gasteiger partial charge in [-0.3, -0.25) is 9.40 Å². The fraction of sp³-hybridized carbons (Fsp3) is 0.188. The van der Waals surface area contributed by atoms with Crippen LogP contribution in [0.5, 0.6) is 11.6 Å². The molecule has 0 saturated carbocycles. The van der Waals surface area contributed by atoms with E-state index >= 15 is 0 Å². The van der Waals surface area contributed by atoms with E-state index in [0.29, 0.717) is 5.56 Å². The number of hydrogen-bond acceptors (Lipinski definition) is 6. The molecule has 0 aliphatic heterocycles. The molecule has 0 unspecified atom stereocenters. The van der Waals surface area contributed by atoms with Crippen LogP contribution in [0.3, 0.4) is 0 Å². The second-order valence-electron chi connectivity index (χ2n) is 5.44. The van der Waals surface area contributed by atoms with E-state index in [1.165, 1.54) is 0 Å². The maximum Gasteiger partial charge on any atom is 0.424 e.